The van der Waals surface area contributed by atoms with Gasteiger partial charge in [0, 0.05) is 0 Å². The van der Waals surface area contributed by atoms with Gasteiger partial charge in [0.15, 0.2) is 0 Å². The van der Waals surface area contributed by atoms with Crippen molar-refractivity contribution < 1.29 is 9.84 Å². The number of hydrogen-bond acceptors (Lipinski definition) is 2. The van der Waals surface area contributed by atoms with E-state index >= 15 is 0 Å². The zero-order valence-electron chi connectivity index (χ0n) is 42.5. The number of fused-ring (bicyclic) bond motifs is 3. The van der Waals surface area contributed by atoms with Crippen LogP contribution in [-0.4, -0.2) is 12.2 Å². The molecular weight excluding hydrogens is 801 g/mol. The summed E-state index contributed by atoms with van der Waals surface area (Å²) in [5.74, 6) is 0.932. The Kier molecular flexibility index (Phi) is 22.7. The van der Waals surface area contributed by atoms with Crippen LogP contribution in [-0.2, 0) is 70.8 Å². The van der Waals surface area contributed by atoms with Crippen molar-refractivity contribution in [2.45, 2.75) is 140 Å². The smallest absolute Gasteiger partial charge is 0.122 e. The standard InChI is InChI=1S/3C14H16.C12H18O2.C10H14/c1-3-11-5-7-14-10-12(4-2)6-8-13(14)9-11;1-3-11-7-5-10-14-12(4-2)8-6-9-13(11)14;1-3-11-9-10-12(4-2)14-8-6-5-7-13(11)14;1-4-9-7-12(14-3)10(5-2)6-11(9)8-13;1-3-9-5-7-10(4-2)8-6-9/h3*5-10H,3-4H2,1-2H3;6-7,13H,4-5,8H2,1-3H3;5-8H,3-4H2,1-2H3. The molecule has 0 unspecified atom stereocenters. The van der Waals surface area contributed by atoms with Crippen molar-refractivity contribution in [1.82, 2.24) is 0 Å². The predicted molar refractivity (Wildman–Crippen MR) is 291 cm³/mol. The molecule has 0 bridgehead atoms. The molecule has 348 valence electrons. The van der Waals surface area contributed by atoms with Crippen molar-refractivity contribution >= 4 is 32.3 Å². The van der Waals surface area contributed by atoms with Crippen molar-refractivity contribution in [2.75, 3.05) is 7.11 Å². The highest BCUT2D eigenvalue weighted by atomic mass is 16.5. The maximum atomic E-state index is 9.19. The van der Waals surface area contributed by atoms with Gasteiger partial charge in [-0.2, -0.15) is 0 Å². The predicted octanol–water partition coefficient (Wildman–Crippen LogP) is 17.0. The van der Waals surface area contributed by atoms with Crippen LogP contribution in [0.15, 0.2) is 146 Å². The lowest BCUT2D eigenvalue weighted by atomic mass is 9.97. The van der Waals surface area contributed by atoms with E-state index in [1.54, 1.807) is 7.11 Å². The van der Waals surface area contributed by atoms with E-state index in [1.165, 1.54) is 82.4 Å². The van der Waals surface area contributed by atoms with E-state index in [9.17, 15) is 5.11 Å². The zero-order valence-corrected chi connectivity index (χ0v) is 42.5. The first-order chi connectivity index (χ1) is 32.2. The van der Waals surface area contributed by atoms with Crippen LogP contribution in [0.4, 0.5) is 0 Å². The third kappa shape index (κ3) is 14.7. The second-order valence-corrected chi connectivity index (χ2v) is 16.8. The Balaban J connectivity index is 0.000000181. The molecule has 0 saturated carbocycles. The molecule has 0 aliphatic heterocycles. The molecule has 66 heavy (non-hydrogen) atoms. The van der Waals surface area contributed by atoms with Gasteiger partial charge in [-0.25, -0.2) is 0 Å². The molecule has 0 aliphatic rings. The Morgan fingerprint density at radius 3 is 0.985 bits per heavy atom. The number of rotatable bonds is 12. The molecule has 8 aromatic rings. The number of hydrogen-bond donors (Lipinski definition) is 1. The Hall–Kier alpha value is -5.70. The Bertz CT molecular complexity index is 2420. The van der Waals surface area contributed by atoms with Gasteiger partial charge in [0.2, 0.25) is 0 Å². The topological polar surface area (TPSA) is 29.5 Å². The lowest BCUT2D eigenvalue weighted by Crippen LogP contribution is -1.98. The molecule has 1 N–H and O–H groups in total. The number of aliphatic hydroxyl groups is 1. The summed E-state index contributed by atoms with van der Waals surface area (Å²) in [4.78, 5) is 0. The molecule has 2 heteroatoms. The third-order valence-corrected chi connectivity index (χ3v) is 12.9. The van der Waals surface area contributed by atoms with Crippen LogP contribution >= 0.6 is 0 Å². The molecule has 8 aromatic carbocycles. The number of benzene rings is 8. The van der Waals surface area contributed by atoms with E-state index in [0.29, 0.717) is 0 Å². The number of methoxy groups -OCH3 is 1. The Labute approximate surface area is 400 Å². The minimum atomic E-state index is 0.111. The minimum absolute atomic E-state index is 0.111. The molecule has 0 aromatic heterocycles. The Morgan fingerprint density at radius 2 is 0.652 bits per heavy atom. The molecule has 0 aliphatic carbocycles. The Morgan fingerprint density at radius 1 is 0.303 bits per heavy atom. The third-order valence-electron chi connectivity index (χ3n) is 12.9. The molecule has 0 fully saturated rings. The fourth-order valence-corrected chi connectivity index (χ4v) is 8.55. The van der Waals surface area contributed by atoms with Crippen LogP contribution in [0.2, 0.25) is 0 Å². The average molecular weight is 881 g/mol. The van der Waals surface area contributed by atoms with Gasteiger partial charge < -0.3 is 9.84 Å². The van der Waals surface area contributed by atoms with E-state index in [2.05, 4.69) is 203 Å². The molecular formula is C64H80O2. The van der Waals surface area contributed by atoms with Gasteiger partial charge in [0.1, 0.15) is 5.75 Å². The number of ether oxygens (including phenoxy) is 1. The van der Waals surface area contributed by atoms with Crippen LogP contribution < -0.4 is 4.74 Å². The van der Waals surface area contributed by atoms with E-state index in [1.807, 2.05) is 12.1 Å². The summed E-state index contributed by atoms with van der Waals surface area (Å²) in [6.07, 6.45) is 10.8. The van der Waals surface area contributed by atoms with Gasteiger partial charge in [-0.3, -0.25) is 0 Å². The molecule has 0 atom stereocenters. The monoisotopic (exact) mass is 881 g/mol. The lowest BCUT2D eigenvalue weighted by molar-refractivity contribution is 0.280. The molecule has 8 rings (SSSR count). The van der Waals surface area contributed by atoms with Crippen LogP contribution in [0.1, 0.15) is 130 Å². The number of aliphatic hydroxyl groups excluding tert-OH is 1. The fourth-order valence-electron chi connectivity index (χ4n) is 8.55. The lowest BCUT2D eigenvalue weighted by Gasteiger charge is -2.12. The van der Waals surface area contributed by atoms with Gasteiger partial charge in [-0.05, 0) is 170 Å². The van der Waals surface area contributed by atoms with E-state index < -0.39 is 0 Å². The summed E-state index contributed by atoms with van der Waals surface area (Å²) >= 11 is 0. The number of aryl methyl sites for hydroxylation is 10. The van der Waals surface area contributed by atoms with Crippen molar-refractivity contribution in [2.24, 2.45) is 0 Å². The first-order valence-electron chi connectivity index (χ1n) is 25.1. The summed E-state index contributed by atoms with van der Waals surface area (Å²) in [5.41, 5.74) is 14.9. The second kappa shape index (κ2) is 28.4. The van der Waals surface area contributed by atoms with Crippen molar-refractivity contribution in [3.63, 3.8) is 0 Å². The van der Waals surface area contributed by atoms with Gasteiger partial charge >= 0.3 is 0 Å². The summed E-state index contributed by atoms with van der Waals surface area (Å²) in [7, 11) is 1.69. The van der Waals surface area contributed by atoms with Crippen molar-refractivity contribution in [3.8, 4) is 5.75 Å². The minimum Gasteiger partial charge on any atom is -0.496 e. The highest BCUT2D eigenvalue weighted by Crippen LogP contribution is 2.26. The van der Waals surface area contributed by atoms with Gasteiger partial charge in [-0.15, -0.1) is 0 Å². The van der Waals surface area contributed by atoms with Gasteiger partial charge in [0.25, 0.3) is 0 Å². The second-order valence-electron chi connectivity index (χ2n) is 16.8. The van der Waals surface area contributed by atoms with Crippen LogP contribution in [0.5, 0.6) is 5.75 Å². The summed E-state index contributed by atoms with van der Waals surface area (Å²) in [6, 6.07) is 52.9. The summed E-state index contributed by atoms with van der Waals surface area (Å²) in [6.45, 7) is 21.9. The van der Waals surface area contributed by atoms with E-state index in [0.717, 1.165) is 81.1 Å². The van der Waals surface area contributed by atoms with Crippen LogP contribution in [0.25, 0.3) is 32.3 Å². The first-order valence-corrected chi connectivity index (χ1v) is 25.1. The SMILES string of the molecule is CCc1cc(OC)c(CC)cc1CO.CCc1ccc(CC)c2ccccc12.CCc1ccc(CC)cc1.CCc1ccc2cc(CC)ccc2c1.CCc1cccc2c(CC)cccc12. The molecule has 0 spiro atoms. The highest BCUT2D eigenvalue weighted by molar-refractivity contribution is 5.89. The van der Waals surface area contributed by atoms with Crippen LogP contribution in [0, 0.1) is 0 Å². The quantitative estimate of drug-likeness (QED) is 0.132. The van der Waals surface area contributed by atoms with Crippen molar-refractivity contribution in [3.05, 3.63) is 207 Å². The molecule has 0 radical (unpaired) electrons. The summed E-state index contributed by atoms with van der Waals surface area (Å²) < 4.78 is 5.30. The van der Waals surface area contributed by atoms with E-state index in [-0.39, 0.29) is 6.61 Å². The summed E-state index contributed by atoms with van der Waals surface area (Å²) in [5, 5.41) is 17.6. The molecule has 0 heterocycles. The largest absolute Gasteiger partial charge is 0.496 e. The molecule has 2 nitrogen and oxygen atoms in total. The zero-order chi connectivity index (χ0) is 47.8. The normalized spacial score (nSPS) is 10.5. The fraction of sp³-hybridized carbons (Fsp3) is 0.344. The average Bonchev–Trinajstić information content (AvgIpc) is 3.39. The first kappa shape index (κ1) is 52.9. The molecule has 0 saturated heterocycles. The highest BCUT2D eigenvalue weighted by Gasteiger charge is 2.08. The van der Waals surface area contributed by atoms with Gasteiger partial charge in [0.05, 0.1) is 13.7 Å². The van der Waals surface area contributed by atoms with Gasteiger partial charge in [-0.1, -0.05) is 203 Å². The van der Waals surface area contributed by atoms with Crippen molar-refractivity contribution in [1.29, 1.82) is 0 Å². The van der Waals surface area contributed by atoms with Crippen LogP contribution in [0.3, 0.4) is 0 Å². The van der Waals surface area contributed by atoms with E-state index in [4.69, 9.17) is 4.74 Å². The molecule has 0 amide bonds. The maximum Gasteiger partial charge on any atom is 0.122 e. The maximum absolute atomic E-state index is 9.19.